The van der Waals surface area contributed by atoms with Crippen LogP contribution in [-0.4, -0.2) is 69.1 Å². The predicted molar refractivity (Wildman–Crippen MR) is 106 cm³/mol. The first-order valence-corrected chi connectivity index (χ1v) is 10.0. The molecule has 1 saturated heterocycles. The molecule has 2 aromatic rings. The van der Waals surface area contributed by atoms with Gasteiger partial charge in [0.1, 0.15) is 5.82 Å². The van der Waals surface area contributed by atoms with E-state index in [2.05, 4.69) is 25.6 Å². The molecule has 3 rings (SSSR count). The smallest absolute Gasteiger partial charge is 0.315 e. The second kappa shape index (κ2) is 9.44. The standard InChI is InChI=1S/C17H18F3N7O4S/c18-10-2-1-8(5-9(10)12(19)20)24-13(21)11-14(26-31-25-11)32-4-3-23-15(28)17(30)6-27(7-17)16(22)29/h1-2,5,12,30H,3-4,6-7H2,(H2,21,24)(H2,22,29)(H,23,28). The minimum Gasteiger partial charge on any atom is -0.377 e. The molecule has 0 saturated carbocycles. The van der Waals surface area contributed by atoms with E-state index in [1.807, 2.05) is 0 Å². The second-order valence-electron chi connectivity index (χ2n) is 6.79. The summed E-state index contributed by atoms with van der Waals surface area (Å²) in [4.78, 5) is 24.1. The van der Waals surface area contributed by atoms with E-state index in [1.54, 1.807) is 0 Å². The van der Waals surface area contributed by atoms with Gasteiger partial charge in [0.2, 0.25) is 0 Å². The molecule has 0 radical (unpaired) electrons. The number of thioether (sulfide) groups is 1. The Labute approximate surface area is 183 Å². The highest BCUT2D eigenvalue weighted by molar-refractivity contribution is 7.99. The fourth-order valence-electron chi connectivity index (χ4n) is 2.78. The summed E-state index contributed by atoms with van der Waals surface area (Å²) >= 11 is 1.08. The third-order valence-electron chi connectivity index (χ3n) is 4.46. The van der Waals surface area contributed by atoms with E-state index in [9.17, 15) is 27.9 Å². The van der Waals surface area contributed by atoms with Crippen LogP contribution in [0.5, 0.6) is 0 Å². The molecule has 0 unspecified atom stereocenters. The van der Waals surface area contributed by atoms with Crippen molar-refractivity contribution in [1.82, 2.24) is 20.5 Å². The number of nitrogens with zero attached hydrogens (tertiary/aromatic N) is 3. The first kappa shape index (κ1) is 23.3. The molecule has 0 aliphatic carbocycles. The molecule has 11 nitrogen and oxygen atoms in total. The molecule has 1 aromatic carbocycles. The molecule has 0 bridgehead atoms. The van der Waals surface area contributed by atoms with Gasteiger partial charge in [0.15, 0.2) is 22.2 Å². The van der Waals surface area contributed by atoms with Gasteiger partial charge < -0.3 is 26.4 Å². The lowest BCUT2D eigenvalue weighted by atomic mass is 9.93. The van der Waals surface area contributed by atoms with Crippen molar-refractivity contribution in [2.45, 2.75) is 17.1 Å². The number of amidine groups is 1. The van der Waals surface area contributed by atoms with Crippen molar-refractivity contribution in [2.75, 3.05) is 30.7 Å². The molecule has 32 heavy (non-hydrogen) atoms. The summed E-state index contributed by atoms with van der Waals surface area (Å²) in [5.41, 5.74) is 2.59. The average molecular weight is 473 g/mol. The molecule has 1 aliphatic heterocycles. The lowest BCUT2D eigenvalue weighted by molar-refractivity contribution is -0.153. The predicted octanol–water partition coefficient (Wildman–Crippen LogP) is 0.917. The number of benzene rings is 1. The molecule has 1 aliphatic rings. The summed E-state index contributed by atoms with van der Waals surface area (Å²) in [6.45, 7) is -0.276. The van der Waals surface area contributed by atoms with Crippen LogP contribution < -0.4 is 16.4 Å². The summed E-state index contributed by atoms with van der Waals surface area (Å²) in [5, 5.41) is 30.6. The van der Waals surface area contributed by atoms with Crippen molar-refractivity contribution in [1.29, 1.82) is 5.41 Å². The van der Waals surface area contributed by atoms with Gasteiger partial charge >= 0.3 is 6.03 Å². The molecule has 2 heterocycles. The molecule has 6 N–H and O–H groups in total. The number of alkyl halides is 2. The SMILES string of the molecule is N=C(Nc1ccc(F)c(C(F)F)c1)c1nonc1SCCNC(=O)C1(O)CN(C(N)=O)C1. The monoisotopic (exact) mass is 473 g/mol. The zero-order valence-corrected chi connectivity index (χ0v) is 17.1. The highest BCUT2D eigenvalue weighted by Crippen LogP contribution is 2.26. The van der Waals surface area contributed by atoms with E-state index in [0.717, 1.165) is 28.8 Å². The van der Waals surface area contributed by atoms with Gasteiger partial charge in [0.05, 0.1) is 18.7 Å². The number of anilines is 1. The number of urea groups is 1. The molecule has 172 valence electrons. The molecule has 0 atom stereocenters. The molecule has 1 aromatic heterocycles. The van der Waals surface area contributed by atoms with Gasteiger partial charge in [-0.25, -0.2) is 22.6 Å². The molecule has 15 heteroatoms. The van der Waals surface area contributed by atoms with Crippen LogP contribution in [0.1, 0.15) is 17.7 Å². The Morgan fingerprint density at radius 1 is 1.38 bits per heavy atom. The van der Waals surface area contributed by atoms with Crippen LogP contribution in [-0.2, 0) is 4.79 Å². The second-order valence-corrected chi connectivity index (χ2v) is 7.87. The van der Waals surface area contributed by atoms with Gasteiger partial charge in [0, 0.05) is 18.0 Å². The van der Waals surface area contributed by atoms with Crippen molar-refractivity contribution < 1.29 is 32.5 Å². The number of β-amino-alcohol motifs (C(OH)–C–C–N with tert-alkyl or cyclic N) is 1. The maximum Gasteiger partial charge on any atom is 0.315 e. The third kappa shape index (κ3) is 5.11. The number of carbonyl (C=O) groups is 2. The lowest BCUT2D eigenvalue weighted by Gasteiger charge is -2.43. The average Bonchev–Trinajstić information content (AvgIpc) is 3.18. The van der Waals surface area contributed by atoms with Gasteiger partial charge in [0.25, 0.3) is 12.3 Å². The highest BCUT2D eigenvalue weighted by atomic mass is 32.2. The highest BCUT2D eigenvalue weighted by Gasteiger charge is 2.49. The zero-order valence-electron chi connectivity index (χ0n) is 16.3. The number of aromatic nitrogens is 2. The number of amides is 3. The molecular formula is C17H18F3N7O4S. The summed E-state index contributed by atoms with van der Waals surface area (Å²) in [6, 6.07) is 2.20. The molecule has 0 spiro atoms. The van der Waals surface area contributed by atoms with Crippen molar-refractivity contribution in [3.8, 4) is 0 Å². The Balaban J connectivity index is 1.50. The fourth-order valence-corrected chi connectivity index (χ4v) is 3.54. The maximum absolute atomic E-state index is 13.4. The number of rotatable bonds is 8. The van der Waals surface area contributed by atoms with Crippen LogP contribution in [0.2, 0.25) is 0 Å². The normalized spacial score (nSPS) is 14.7. The number of likely N-dealkylation sites (tertiary alicyclic amines) is 1. The van der Waals surface area contributed by atoms with Crippen molar-refractivity contribution >= 4 is 35.2 Å². The van der Waals surface area contributed by atoms with Crippen LogP contribution in [0, 0.1) is 11.2 Å². The first-order chi connectivity index (χ1) is 15.1. The number of hydrogen-bond acceptors (Lipinski definition) is 8. The summed E-state index contributed by atoms with van der Waals surface area (Å²) in [6.07, 6.45) is -3.02. The minimum atomic E-state index is -3.02. The Bertz CT molecular complexity index is 1030. The number of aliphatic hydroxyl groups is 1. The molecule has 1 fully saturated rings. The minimum absolute atomic E-state index is 0.0148. The van der Waals surface area contributed by atoms with E-state index in [4.69, 9.17) is 11.1 Å². The number of nitrogens with two attached hydrogens (primary N) is 1. The van der Waals surface area contributed by atoms with Gasteiger partial charge in [-0.3, -0.25) is 10.2 Å². The topological polar surface area (TPSA) is 170 Å². The van der Waals surface area contributed by atoms with Crippen LogP contribution in [0.15, 0.2) is 27.9 Å². The number of nitrogens with one attached hydrogen (secondary N) is 3. The summed E-state index contributed by atoms with van der Waals surface area (Å²) < 4.78 is 43.7. The number of hydrogen-bond donors (Lipinski definition) is 5. The van der Waals surface area contributed by atoms with Crippen LogP contribution in [0.3, 0.4) is 0 Å². The molecule has 3 amide bonds. The van der Waals surface area contributed by atoms with E-state index >= 15 is 0 Å². The Kier molecular flexibility index (Phi) is 6.88. The van der Waals surface area contributed by atoms with Crippen LogP contribution >= 0.6 is 11.8 Å². The van der Waals surface area contributed by atoms with Crippen molar-refractivity contribution in [3.05, 3.63) is 35.3 Å². The summed E-state index contributed by atoms with van der Waals surface area (Å²) in [7, 11) is 0. The Hall–Kier alpha value is -3.33. The van der Waals surface area contributed by atoms with Crippen LogP contribution in [0.4, 0.5) is 23.7 Å². The van der Waals surface area contributed by atoms with Crippen LogP contribution in [0.25, 0.3) is 0 Å². The largest absolute Gasteiger partial charge is 0.377 e. The van der Waals surface area contributed by atoms with E-state index in [0.29, 0.717) is 0 Å². The summed E-state index contributed by atoms with van der Waals surface area (Å²) in [5.74, 6) is -1.77. The number of primary amides is 1. The Morgan fingerprint density at radius 2 is 2.09 bits per heavy atom. The van der Waals surface area contributed by atoms with Crippen molar-refractivity contribution in [2.24, 2.45) is 5.73 Å². The van der Waals surface area contributed by atoms with Crippen molar-refractivity contribution in [3.63, 3.8) is 0 Å². The third-order valence-corrected chi connectivity index (χ3v) is 5.41. The van der Waals surface area contributed by atoms with Gasteiger partial charge in [-0.1, -0.05) is 11.8 Å². The number of carbonyl (C=O) groups excluding carboxylic acids is 2. The van der Waals surface area contributed by atoms with E-state index < -0.39 is 35.3 Å². The Morgan fingerprint density at radius 3 is 2.75 bits per heavy atom. The number of halogens is 3. The maximum atomic E-state index is 13.4. The molecular weight excluding hydrogens is 455 g/mol. The van der Waals surface area contributed by atoms with E-state index in [1.165, 1.54) is 6.07 Å². The van der Waals surface area contributed by atoms with E-state index in [-0.39, 0.29) is 47.6 Å². The lowest BCUT2D eigenvalue weighted by Crippen LogP contribution is -2.70. The van der Waals surface area contributed by atoms with Gasteiger partial charge in [-0.05, 0) is 28.5 Å². The zero-order chi connectivity index (χ0) is 23.5. The first-order valence-electron chi connectivity index (χ1n) is 9.04. The van der Waals surface area contributed by atoms with Gasteiger partial charge in [-0.2, -0.15) is 0 Å². The van der Waals surface area contributed by atoms with Gasteiger partial charge in [-0.15, -0.1) is 0 Å². The fraction of sp³-hybridized carbons (Fsp3) is 0.353. The quantitative estimate of drug-likeness (QED) is 0.163.